The Kier molecular flexibility index (Phi) is 7.85. The third-order valence-electron chi connectivity index (χ3n) is 6.12. The summed E-state index contributed by atoms with van der Waals surface area (Å²) in [6.07, 6.45) is 11.1. The van der Waals surface area contributed by atoms with E-state index in [1.54, 1.807) is 6.07 Å². The molecule has 0 unspecified atom stereocenters. The van der Waals surface area contributed by atoms with Crippen LogP contribution in [0.1, 0.15) is 69.8 Å². The molecule has 3 rings (SSSR count). The average molecular weight is 399 g/mol. The Balaban J connectivity index is 1.66. The van der Waals surface area contributed by atoms with Crippen LogP contribution in [0.15, 0.2) is 49.1 Å². The van der Waals surface area contributed by atoms with E-state index in [1.165, 1.54) is 43.7 Å². The van der Waals surface area contributed by atoms with Gasteiger partial charge in [-0.25, -0.2) is 4.39 Å². The Bertz CT molecular complexity index is 789. The van der Waals surface area contributed by atoms with Crippen LogP contribution < -0.4 is 4.74 Å². The third kappa shape index (κ3) is 5.46. The van der Waals surface area contributed by atoms with Crippen molar-refractivity contribution < 1.29 is 13.5 Å². The highest BCUT2D eigenvalue weighted by atomic mass is 19.2. The maximum atomic E-state index is 14.6. The van der Waals surface area contributed by atoms with Gasteiger partial charge in [0.25, 0.3) is 0 Å². The highest BCUT2D eigenvalue weighted by Gasteiger charge is 2.22. The normalized spacial score (nSPS) is 19.1. The molecule has 0 amide bonds. The average Bonchev–Trinajstić information content (AvgIpc) is 2.76. The zero-order valence-electron chi connectivity index (χ0n) is 17.4. The molecule has 2 aromatic rings. The van der Waals surface area contributed by atoms with E-state index in [2.05, 4.69) is 18.7 Å². The Labute approximate surface area is 173 Å². The summed E-state index contributed by atoms with van der Waals surface area (Å²) in [7, 11) is 0. The van der Waals surface area contributed by atoms with Gasteiger partial charge in [0.05, 0.1) is 6.61 Å². The van der Waals surface area contributed by atoms with Crippen LogP contribution in [0.3, 0.4) is 0 Å². The number of allylic oxidation sites excluding steroid dienone is 1. The minimum Gasteiger partial charge on any atom is -0.490 e. The van der Waals surface area contributed by atoms with E-state index in [4.69, 9.17) is 4.74 Å². The number of ether oxygens (including phenoxy) is 1. The van der Waals surface area contributed by atoms with Crippen LogP contribution in [-0.4, -0.2) is 6.61 Å². The highest BCUT2D eigenvalue weighted by Crippen LogP contribution is 2.38. The molecule has 0 radical (unpaired) electrons. The molecular formula is C26H32F2O. The predicted octanol–water partition coefficient (Wildman–Crippen LogP) is 8.05. The standard InChI is InChI=1S/C26H32F2O/c1-3-5-7-19-8-10-20(11-9-19)21-12-14-22(15-13-21)23-16-17-24(26(28)25(23)27)29-18-6-4-2/h3,12-17,19-20H,1,4-11,18H2,2H3. The van der Waals surface area contributed by atoms with Gasteiger partial charge in [0.15, 0.2) is 11.6 Å². The van der Waals surface area contributed by atoms with Gasteiger partial charge in [-0.15, -0.1) is 6.58 Å². The van der Waals surface area contributed by atoms with Gasteiger partial charge in [-0.1, -0.05) is 43.7 Å². The zero-order valence-corrected chi connectivity index (χ0v) is 17.4. The van der Waals surface area contributed by atoms with Crippen LogP contribution in [-0.2, 0) is 0 Å². The number of hydrogen-bond donors (Lipinski definition) is 0. The van der Waals surface area contributed by atoms with Gasteiger partial charge in [-0.2, -0.15) is 4.39 Å². The first-order valence-electron chi connectivity index (χ1n) is 11.0. The summed E-state index contributed by atoms with van der Waals surface area (Å²) < 4.78 is 34.3. The summed E-state index contributed by atoms with van der Waals surface area (Å²) in [5.41, 5.74) is 2.28. The van der Waals surface area contributed by atoms with Crippen molar-refractivity contribution in [2.24, 2.45) is 5.92 Å². The van der Waals surface area contributed by atoms with Crippen LogP contribution in [0.5, 0.6) is 5.75 Å². The van der Waals surface area contributed by atoms with Gasteiger partial charge >= 0.3 is 0 Å². The molecular weight excluding hydrogens is 366 g/mol. The summed E-state index contributed by atoms with van der Waals surface area (Å²) in [6, 6.07) is 11.1. The molecule has 1 nitrogen and oxygen atoms in total. The van der Waals surface area contributed by atoms with E-state index in [0.29, 0.717) is 18.1 Å². The summed E-state index contributed by atoms with van der Waals surface area (Å²) >= 11 is 0. The van der Waals surface area contributed by atoms with E-state index in [0.717, 1.165) is 25.2 Å². The molecule has 0 spiro atoms. The van der Waals surface area contributed by atoms with Crippen molar-refractivity contribution in [3.05, 3.63) is 66.3 Å². The minimum absolute atomic E-state index is 0.00969. The summed E-state index contributed by atoms with van der Waals surface area (Å²) in [4.78, 5) is 0. The lowest BCUT2D eigenvalue weighted by Crippen LogP contribution is -2.13. The second-order valence-electron chi connectivity index (χ2n) is 8.15. The van der Waals surface area contributed by atoms with Crippen LogP contribution in [0.25, 0.3) is 11.1 Å². The van der Waals surface area contributed by atoms with Crippen molar-refractivity contribution in [1.82, 2.24) is 0 Å². The predicted molar refractivity (Wildman–Crippen MR) is 116 cm³/mol. The number of unbranched alkanes of at least 4 members (excludes halogenated alkanes) is 1. The van der Waals surface area contributed by atoms with E-state index in [1.807, 2.05) is 25.1 Å². The van der Waals surface area contributed by atoms with Crippen LogP contribution >= 0.6 is 0 Å². The topological polar surface area (TPSA) is 9.23 Å². The SMILES string of the molecule is C=CCCC1CCC(c2ccc(-c3ccc(OCCCC)c(F)c3F)cc2)CC1. The maximum absolute atomic E-state index is 14.6. The molecule has 0 N–H and O–H groups in total. The lowest BCUT2D eigenvalue weighted by molar-refractivity contribution is 0.289. The van der Waals surface area contributed by atoms with Crippen molar-refractivity contribution in [2.45, 2.75) is 64.2 Å². The Hall–Kier alpha value is -2.16. The van der Waals surface area contributed by atoms with Gasteiger partial charge in [-0.05, 0) is 80.0 Å². The molecule has 0 aromatic heterocycles. The Morgan fingerprint density at radius 1 is 1.00 bits per heavy atom. The van der Waals surface area contributed by atoms with Crippen LogP contribution in [0, 0.1) is 17.6 Å². The minimum atomic E-state index is -0.902. The van der Waals surface area contributed by atoms with Crippen molar-refractivity contribution in [3.8, 4) is 16.9 Å². The number of hydrogen-bond acceptors (Lipinski definition) is 1. The Morgan fingerprint density at radius 2 is 1.72 bits per heavy atom. The number of halogens is 2. The van der Waals surface area contributed by atoms with E-state index in [9.17, 15) is 8.78 Å². The number of rotatable bonds is 9. The van der Waals surface area contributed by atoms with Gasteiger partial charge < -0.3 is 4.74 Å². The van der Waals surface area contributed by atoms with E-state index in [-0.39, 0.29) is 11.3 Å². The van der Waals surface area contributed by atoms with Gasteiger partial charge in [-0.3, -0.25) is 0 Å². The third-order valence-corrected chi connectivity index (χ3v) is 6.12. The van der Waals surface area contributed by atoms with Crippen LogP contribution in [0.4, 0.5) is 8.78 Å². The first-order valence-corrected chi connectivity index (χ1v) is 11.0. The largest absolute Gasteiger partial charge is 0.490 e. The smallest absolute Gasteiger partial charge is 0.201 e. The van der Waals surface area contributed by atoms with Gasteiger partial charge in [0.2, 0.25) is 5.82 Å². The molecule has 0 heterocycles. The van der Waals surface area contributed by atoms with Crippen molar-refractivity contribution in [1.29, 1.82) is 0 Å². The fourth-order valence-corrected chi connectivity index (χ4v) is 4.27. The molecule has 0 saturated heterocycles. The molecule has 156 valence electrons. The monoisotopic (exact) mass is 398 g/mol. The quantitative estimate of drug-likeness (QED) is 0.307. The highest BCUT2D eigenvalue weighted by molar-refractivity contribution is 5.65. The van der Waals surface area contributed by atoms with Crippen LogP contribution in [0.2, 0.25) is 0 Å². The molecule has 0 atom stereocenters. The van der Waals surface area contributed by atoms with Crippen molar-refractivity contribution >= 4 is 0 Å². The summed E-state index contributed by atoms with van der Waals surface area (Å²) in [6.45, 7) is 6.25. The first-order chi connectivity index (χ1) is 14.1. The molecule has 1 aliphatic rings. The fourth-order valence-electron chi connectivity index (χ4n) is 4.27. The lowest BCUT2D eigenvalue weighted by Gasteiger charge is -2.28. The molecule has 0 bridgehead atoms. The van der Waals surface area contributed by atoms with Gasteiger partial charge in [0, 0.05) is 5.56 Å². The van der Waals surface area contributed by atoms with Crippen molar-refractivity contribution in [3.63, 3.8) is 0 Å². The molecule has 2 aromatic carbocycles. The summed E-state index contributed by atoms with van der Waals surface area (Å²) in [5.74, 6) is -0.363. The molecule has 1 fully saturated rings. The fraction of sp³-hybridized carbons (Fsp3) is 0.462. The lowest BCUT2D eigenvalue weighted by atomic mass is 9.77. The first kappa shape index (κ1) is 21.5. The maximum Gasteiger partial charge on any atom is 0.201 e. The molecule has 1 saturated carbocycles. The second kappa shape index (κ2) is 10.6. The zero-order chi connectivity index (χ0) is 20.6. The molecule has 1 aliphatic carbocycles. The van der Waals surface area contributed by atoms with E-state index >= 15 is 0 Å². The second-order valence-corrected chi connectivity index (χ2v) is 8.15. The van der Waals surface area contributed by atoms with Gasteiger partial charge in [0.1, 0.15) is 0 Å². The molecule has 29 heavy (non-hydrogen) atoms. The van der Waals surface area contributed by atoms with Crippen molar-refractivity contribution in [2.75, 3.05) is 6.61 Å². The summed E-state index contributed by atoms with van der Waals surface area (Å²) in [5, 5.41) is 0. The van der Waals surface area contributed by atoms with E-state index < -0.39 is 11.6 Å². The Morgan fingerprint density at radius 3 is 2.38 bits per heavy atom. The number of benzene rings is 2. The molecule has 0 aliphatic heterocycles. The molecule has 3 heteroatoms.